The van der Waals surface area contributed by atoms with E-state index >= 15 is 0 Å². The van der Waals surface area contributed by atoms with Gasteiger partial charge in [-0.25, -0.2) is 9.59 Å². The predicted molar refractivity (Wildman–Crippen MR) is 132 cm³/mol. The number of aliphatic hydroxyl groups is 1. The van der Waals surface area contributed by atoms with Crippen LogP contribution in [0.4, 0.5) is 0 Å². The van der Waals surface area contributed by atoms with E-state index in [0.29, 0.717) is 17.7 Å². The van der Waals surface area contributed by atoms with Crippen LogP contribution in [0.1, 0.15) is 28.9 Å². The molecule has 0 amide bonds. The van der Waals surface area contributed by atoms with Gasteiger partial charge in [-0.05, 0) is 22.8 Å². The molecule has 2 atom stereocenters. The summed E-state index contributed by atoms with van der Waals surface area (Å²) in [7, 11) is 1.27. The van der Waals surface area contributed by atoms with Gasteiger partial charge in [0, 0.05) is 6.08 Å². The highest BCUT2D eigenvalue weighted by Gasteiger charge is 2.28. The molecule has 1 N–H and O–H groups in total. The van der Waals surface area contributed by atoms with E-state index in [1.807, 2.05) is 66.7 Å². The first-order valence-electron chi connectivity index (χ1n) is 11.1. The Balaban J connectivity index is 1.81. The second-order valence-electron chi connectivity index (χ2n) is 7.64. The third kappa shape index (κ3) is 8.07. The molecule has 0 saturated heterocycles. The summed E-state index contributed by atoms with van der Waals surface area (Å²) in [6.45, 7) is 0.239. The highest BCUT2D eigenvalue weighted by molar-refractivity contribution is 5.90. The minimum Gasteiger partial charge on any atom is -0.466 e. The van der Waals surface area contributed by atoms with E-state index in [9.17, 15) is 14.7 Å². The number of carbonyl (C=O) groups excluding carboxylic acids is 2. The van der Waals surface area contributed by atoms with Crippen molar-refractivity contribution in [1.82, 2.24) is 0 Å². The molecule has 0 aliphatic heterocycles. The Morgan fingerprint density at radius 3 is 2.03 bits per heavy atom. The Morgan fingerprint density at radius 1 is 0.857 bits per heavy atom. The first-order chi connectivity index (χ1) is 17.1. The molecule has 3 aromatic carbocycles. The van der Waals surface area contributed by atoms with Crippen molar-refractivity contribution in [3.05, 3.63) is 131 Å². The number of benzene rings is 3. The lowest BCUT2D eigenvalue weighted by molar-refractivity contribution is -0.152. The molecule has 3 rings (SSSR count). The lowest BCUT2D eigenvalue weighted by Crippen LogP contribution is -2.21. The molecule has 0 fully saturated rings. The van der Waals surface area contributed by atoms with E-state index in [-0.39, 0.29) is 12.2 Å². The molecular weight excluding hydrogens is 444 g/mol. The monoisotopic (exact) mass is 472 g/mol. The number of carbonyl (C=O) groups is 2. The van der Waals surface area contributed by atoms with Crippen molar-refractivity contribution in [1.29, 1.82) is 0 Å². The van der Waals surface area contributed by atoms with Crippen LogP contribution in [0.15, 0.2) is 115 Å². The normalized spacial score (nSPS) is 13.3. The van der Waals surface area contributed by atoms with Gasteiger partial charge in [0.2, 0.25) is 0 Å². The van der Waals surface area contributed by atoms with Crippen molar-refractivity contribution in [2.24, 2.45) is 0 Å². The summed E-state index contributed by atoms with van der Waals surface area (Å²) in [5, 5.41) is 11.1. The van der Waals surface area contributed by atoms with E-state index in [1.54, 1.807) is 24.3 Å². The zero-order chi connectivity index (χ0) is 24.9. The average molecular weight is 473 g/mol. The van der Waals surface area contributed by atoms with Crippen LogP contribution < -0.4 is 0 Å². The molecule has 0 aliphatic carbocycles. The molecular formula is C29H28O6. The molecule has 0 saturated carbocycles. The van der Waals surface area contributed by atoms with Crippen molar-refractivity contribution in [3.8, 4) is 0 Å². The van der Waals surface area contributed by atoms with Gasteiger partial charge in [0.15, 0.2) is 6.10 Å². The van der Waals surface area contributed by atoms with Crippen LogP contribution in [-0.4, -0.2) is 30.8 Å². The average Bonchev–Trinajstić information content (AvgIpc) is 2.91. The summed E-state index contributed by atoms with van der Waals surface area (Å²) in [4.78, 5) is 24.7. The lowest BCUT2D eigenvalue weighted by Gasteiger charge is -2.24. The van der Waals surface area contributed by atoms with Gasteiger partial charge in [0.05, 0.1) is 25.9 Å². The number of aliphatic hydroxyl groups excluding tert-OH is 1. The smallest absolute Gasteiger partial charge is 0.337 e. The highest BCUT2D eigenvalue weighted by atomic mass is 16.6. The Hall–Kier alpha value is -4.00. The molecule has 35 heavy (non-hydrogen) atoms. The number of allylic oxidation sites excluding steroid dienone is 2. The van der Waals surface area contributed by atoms with Gasteiger partial charge in [0.1, 0.15) is 6.10 Å². The van der Waals surface area contributed by atoms with Crippen LogP contribution in [0.25, 0.3) is 0 Å². The second kappa shape index (κ2) is 13.6. The summed E-state index contributed by atoms with van der Waals surface area (Å²) >= 11 is 0. The minimum atomic E-state index is -1.08. The maximum absolute atomic E-state index is 13.2. The number of esters is 2. The Bertz CT molecular complexity index is 1120. The van der Waals surface area contributed by atoms with Crippen molar-refractivity contribution < 1.29 is 28.9 Å². The predicted octanol–water partition coefficient (Wildman–Crippen LogP) is 4.88. The standard InChI is InChI=1S/C29H28O6/c1-33-26(30)19-11-18-25(21-34-20-22-12-5-2-6-13-22)29(32)35-28(24-16-9-4-10-17-24)27(31)23-14-7-3-8-15-23/h2-19,27-28,31H,20-21H2,1H3/b19-11+,25-18+/t27-,28-/m0/s1. The number of rotatable bonds is 11. The quantitative estimate of drug-likeness (QED) is 0.243. The third-order valence-corrected chi connectivity index (χ3v) is 5.15. The Labute approximate surface area is 205 Å². The summed E-state index contributed by atoms with van der Waals surface area (Å²) < 4.78 is 16.2. The third-order valence-electron chi connectivity index (χ3n) is 5.15. The fraction of sp³-hybridized carbons (Fsp3) is 0.172. The van der Waals surface area contributed by atoms with Crippen LogP contribution in [-0.2, 0) is 30.4 Å². The van der Waals surface area contributed by atoms with Crippen LogP contribution in [0.3, 0.4) is 0 Å². The van der Waals surface area contributed by atoms with E-state index < -0.39 is 24.1 Å². The van der Waals surface area contributed by atoms with Crippen molar-refractivity contribution in [2.45, 2.75) is 18.8 Å². The fourth-order valence-corrected chi connectivity index (χ4v) is 3.31. The van der Waals surface area contributed by atoms with Crippen molar-refractivity contribution in [3.63, 3.8) is 0 Å². The van der Waals surface area contributed by atoms with Gasteiger partial charge < -0.3 is 19.3 Å². The van der Waals surface area contributed by atoms with Gasteiger partial charge in [-0.3, -0.25) is 0 Å². The van der Waals surface area contributed by atoms with E-state index in [4.69, 9.17) is 9.47 Å². The summed E-state index contributed by atoms with van der Waals surface area (Å²) in [5.74, 6) is -1.22. The Morgan fingerprint density at radius 2 is 1.43 bits per heavy atom. The molecule has 0 heterocycles. The molecule has 0 aliphatic rings. The van der Waals surface area contributed by atoms with Crippen LogP contribution in [0.5, 0.6) is 0 Å². The number of hydrogen-bond donors (Lipinski definition) is 1. The van der Waals surface area contributed by atoms with E-state index in [1.165, 1.54) is 25.3 Å². The van der Waals surface area contributed by atoms with Gasteiger partial charge >= 0.3 is 11.9 Å². The number of hydrogen-bond acceptors (Lipinski definition) is 6. The van der Waals surface area contributed by atoms with E-state index in [2.05, 4.69) is 4.74 Å². The summed E-state index contributed by atoms with van der Waals surface area (Å²) in [6.07, 6.45) is 2.01. The molecule has 6 nitrogen and oxygen atoms in total. The highest BCUT2D eigenvalue weighted by Crippen LogP contribution is 2.32. The summed E-state index contributed by atoms with van der Waals surface area (Å²) in [6, 6.07) is 27.6. The maximum Gasteiger partial charge on any atom is 0.337 e. The van der Waals surface area contributed by atoms with Crippen LogP contribution in [0, 0.1) is 0 Å². The zero-order valence-corrected chi connectivity index (χ0v) is 19.4. The number of methoxy groups -OCH3 is 1. The molecule has 0 radical (unpaired) electrons. The number of ether oxygens (including phenoxy) is 3. The van der Waals surface area contributed by atoms with Crippen molar-refractivity contribution >= 4 is 11.9 Å². The van der Waals surface area contributed by atoms with Gasteiger partial charge in [-0.2, -0.15) is 0 Å². The van der Waals surface area contributed by atoms with Crippen molar-refractivity contribution in [2.75, 3.05) is 13.7 Å². The summed E-state index contributed by atoms with van der Waals surface area (Å²) in [5.41, 5.74) is 2.40. The SMILES string of the molecule is COC(=O)/C=C/C=C(\COCc1ccccc1)C(=O)O[C@@H](c1ccccc1)[C@@H](O)c1ccccc1. The van der Waals surface area contributed by atoms with Crippen LogP contribution >= 0.6 is 0 Å². The second-order valence-corrected chi connectivity index (χ2v) is 7.64. The largest absolute Gasteiger partial charge is 0.466 e. The molecule has 180 valence electrons. The molecule has 3 aromatic rings. The zero-order valence-electron chi connectivity index (χ0n) is 19.4. The first-order valence-corrected chi connectivity index (χ1v) is 11.1. The van der Waals surface area contributed by atoms with Gasteiger partial charge in [-0.15, -0.1) is 0 Å². The lowest BCUT2D eigenvalue weighted by atomic mass is 9.98. The van der Waals surface area contributed by atoms with Crippen LogP contribution in [0.2, 0.25) is 0 Å². The molecule has 6 heteroatoms. The molecule has 0 aromatic heterocycles. The molecule has 0 bridgehead atoms. The fourth-order valence-electron chi connectivity index (χ4n) is 3.31. The molecule has 0 spiro atoms. The minimum absolute atomic E-state index is 0.0534. The topological polar surface area (TPSA) is 82.1 Å². The molecule has 0 unspecified atom stereocenters. The first kappa shape index (κ1) is 25.6. The maximum atomic E-state index is 13.2. The van der Waals surface area contributed by atoms with Gasteiger partial charge in [-0.1, -0.05) is 97.1 Å². The van der Waals surface area contributed by atoms with E-state index in [0.717, 1.165) is 5.56 Å². The Kier molecular flexibility index (Phi) is 9.99. The van der Waals surface area contributed by atoms with Gasteiger partial charge in [0.25, 0.3) is 0 Å².